The zero-order chi connectivity index (χ0) is 19.9. The molecule has 0 saturated carbocycles. The van der Waals surface area contributed by atoms with Crippen molar-refractivity contribution < 1.29 is 19.1 Å². The van der Waals surface area contributed by atoms with Crippen molar-refractivity contribution in [3.05, 3.63) is 29.8 Å². The Morgan fingerprint density at radius 1 is 0.964 bits per heavy atom. The molecule has 1 aromatic carbocycles. The molecule has 2 aliphatic rings. The fraction of sp³-hybridized carbons (Fsp3) is 0.545. The lowest BCUT2D eigenvalue weighted by atomic mass is 9.94. The van der Waals surface area contributed by atoms with Crippen molar-refractivity contribution in [2.75, 3.05) is 40.4 Å². The predicted octanol–water partition coefficient (Wildman–Crippen LogP) is 2.97. The topological polar surface area (TPSA) is 59.1 Å². The van der Waals surface area contributed by atoms with Gasteiger partial charge < -0.3 is 19.3 Å². The summed E-state index contributed by atoms with van der Waals surface area (Å²) in [5.41, 5.74) is 0.797. The van der Waals surface area contributed by atoms with Gasteiger partial charge in [-0.3, -0.25) is 9.59 Å². The Balaban J connectivity index is 1.55. The molecule has 2 saturated heterocycles. The van der Waals surface area contributed by atoms with E-state index in [1.54, 1.807) is 26.4 Å². The van der Waals surface area contributed by atoms with E-state index in [1.165, 1.54) is 6.42 Å². The van der Waals surface area contributed by atoms with Gasteiger partial charge in [-0.15, -0.1) is 0 Å². The summed E-state index contributed by atoms with van der Waals surface area (Å²) < 4.78 is 10.6. The van der Waals surface area contributed by atoms with Crippen LogP contribution < -0.4 is 9.47 Å². The number of hydrogen-bond acceptors (Lipinski definition) is 4. The highest BCUT2D eigenvalue weighted by molar-refractivity contribution is 5.92. The highest BCUT2D eigenvalue weighted by atomic mass is 16.5. The van der Waals surface area contributed by atoms with E-state index in [-0.39, 0.29) is 17.7 Å². The van der Waals surface area contributed by atoms with Crippen LogP contribution in [0, 0.1) is 5.92 Å². The van der Waals surface area contributed by atoms with Gasteiger partial charge in [0.05, 0.1) is 14.2 Å². The maximum atomic E-state index is 12.7. The SMILES string of the molecule is COc1ccc(OC)c(/C=C/C(=O)N2CCC(C(=O)N3CCCCC3)CC2)c1. The van der Waals surface area contributed by atoms with Crippen LogP contribution in [-0.2, 0) is 9.59 Å². The van der Waals surface area contributed by atoms with E-state index in [0.29, 0.717) is 24.6 Å². The lowest BCUT2D eigenvalue weighted by Crippen LogP contribution is -2.45. The Kier molecular flexibility index (Phi) is 6.95. The van der Waals surface area contributed by atoms with Crippen LogP contribution in [0.15, 0.2) is 24.3 Å². The molecule has 1 aromatic rings. The minimum absolute atomic E-state index is 0.0336. The quantitative estimate of drug-likeness (QED) is 0.730. The average Bonchev–Trinajstić information content (AvgIpc) is 2.77. The first kappa shape index (κ1) is 20.2. The standard InChI is InChI=1S/C22H30N2O4/c1-27-19-7-8-20(28-2)18(16-19)6-9-21(25)23-14-10-17(11-15-23)22(26)24-12-4-3-5-13-24/h6-9,16-17H,3-5,10-15H2,1-2H3/b9-6+. The van der Waals surface area contributed by atoms with Crippen LogP contribution in [0.5, 0.6) is 11.5 Å². The van der Waals surface area contributed by atoms with Crippen LogP contribution in [0.1, 0.15) is 37.7 Å². The normalized spacial score (nSPS) is 18.4. The lowest BCUT2D eigenvalue weighted by Gasteiger charge is -2.35. The van der Waals surface area contributed by atoms with E-state index in [4.69, 9.17) is 9.47 Å². The Morgan fingerprint density at radius 3 is 2.32 bits per heavy atom. The highest BCUT2D eigenvalue weighted by Crippen LogP contribution is 2.26. The van der Waals surface area contributed by atoms with Crippen LogP contribution in [0.2, 0.25) is 0 Å². The summed E-state index contributed by atoms with van der Waals surface area (Å²) in [6.07, 6.45) is 8.28. The molecule has 6 heteroatoms. The van der Waals surface area contributed by atoms with E-state index < -0.39 is 0 Å². The molecule has 2 heterocycles. The number of amides is 2. The second-order valence-electron chi connectivity index (χ2n) is 7.43. The molecule has 0 atom stereocenters. The summed E-state index contributed by atoms with van der Waals surface area (Å²) in [4.78, 5) is 29.1. The summed E-state index contributed by atoms with van der Waals surface area (Å²) in [6, 6.07) is 5.48. The molecule has 0 N–H and O–H groups in total. The Labute approximate surface area is 167 Å². The van der Waals surface area contributed by atoms with Crippen LogP contribution in [-0.4, -0.2) is 62.0 Å². The number of carbonyl (C=O) groups is 2. The lowest BCUT2D eigenvalue weighted by molar-refractivity contribution is -0.140. The van der Waals surface area contributed by atoms with Crippen LogP contribution in [0.3, 0.4) is 0 Å². The Morgan fingerprint density at radius 2 is 1.68 bits per heavy atom. The molecule has 0 aliphatic carbocycles. The number of likely N-dealkylation sites (tertiary alicyclic amines) is 2. The maximum Gasteiger partial charge on any atom is 0.246 e. The molecule has 2 fully saturated rings. The summed E-state index contributed by atoms with van der Waals surface area (Å²) >= 11 is 0. The van der Waals surface area contributed by atoms with Crippen molar-refractivity contribution >= 4 is 17.9 Å². The summed E-state index contributed by atoms with van der Waals surface area (Å²) in [5, 5.41) is 0. The van der Waals surface area contributed by atoms with Crippen molar-refractivity contribution in [3.63, 3.8) is 0 Å². The summed E-state index contributed by atoms with van der Waals surface area (Å²) in [7, 11) is 3.21. The molecule has 28 heavy (non-hydrogen) atoms. The van der Waals surface area contributed by atoms with Crippen molar-refractivity contribution in [2.45, 2.75) is 32.1 Å². The zero-order valence-corrected chi connectivity index (χ0v) is 16.9. The number of piperidine rings is 2. The minimum atomic E-state index is -0.0336. The number of hydrogen-bond donors (Lipinski definition) is 0. The maximum absolute atomic E-state index is 12.7. The van der Waals surface area contributed by atoms with Gasteiger partial charge in [-0.2, -0.15) is 0 Å². The van der Waals surface area contributed by atoms with Crippen LogP contribution >= 0.6 is 0 Å². The fourth-order valence-corrected chi connectivity index (χ4v) is 3.96. The smallest absolute Gasteiger partial charge is 0.246 e. The average molecular weight is 386 g/mol. The number of carbonyl (C=O) groups excluding carboxylic acids is 2. The second-order valence-corrected chi connectivity index (χ2v) is 7.43. The van der Waals surface area contributed by atoms with Crippen molar-refractivity contribution in [3.8, 4) is 11.5 Å². The molecule has 3 rings (SSSR count). The van der Waals surface area contributed by atoms with E-state index in [1.807, 2.05) is 28.0 Å². The van der Waals surface area contributed by atoms with Gasteiger partial charge >= 0.3 is 0 Å². The van der Waals surface area contributed by atoms with Gasteiger partial charge in [0.25, 0.3) is 0 Å². The number of nitrogens with zero attached hydrogens (tertiary/aromatic N) is 2. The first-order valence-corrected chi connectivity index (χ1v) is 10.1. The molecular formula is C22H30N2O4. The third kappa shape index (κ3) is 4.86. The van der Waals surface area contributed by atoms with Crippen LogP contribution in [0.4, 0.5) is 0 Å². The third-order valence-corrected chi connectivity index (χ3v) is 5.67. The van der Waals surface area contributed by atoms with E-state index in [9.17, 15) is 9.59 Å². The largest absolute Gasteiger partial charge is 0.497 e. The monoisotopic (exact) mass is 386 g/mol. The van der Waals surface area contributed by atoms with Gasteiger partial charge in [0.2, 0.25) is 11.8 Å². The van der Waals surface area contributed by atoms with Gasteiger partial charge in [0.1, 0.15) is 11.5 Å². The summed E-state index contributed by atoms with van der Waals surface area (Å²) in [5.74, 6) is 1.71. The number of rotatable bonds is 5. The molecule has 0 bridgehead atoms. The molecule has 0 radical (unpaired) electrons. The van der Waals surface area contributed by atoms with Gasteiger partial charge in [0, 0.05) is 43.7 Å². The highest BCUT2D eigenvalue weighted by Gasteiger charge is 2.30. The Hall–Kier alpha value is -2.50. The first-order chi connectivity index (χ1) is 13.6. The minimum Gasteiger partial charge on any atom is -0.497 e. The Bertz CT molecular complexity index is 717. The fourth-order valence-electron chi connectivity index (χ4n) is 3.96. The van der Waals surface area contributed by atoms with Crippen LogP contribution in [0.25, 0.3) is 6.08 Å². The predicted molar refractivity (Wildman–Crippen MR) is 108 cm³/mol. The van der Waals surface area contributed by atoms with Crippen molar-refractivity contribution in [1.82, 2.24) is 9.80 Å². The molecular weight excluding hydrogens is 356 g/mol. The van der Waals surface area contributed by atoms with Gasteiger partial charge in [0.15, 0.2) is 0 Å². The van der Waals surface area contributed by atoms with Crippen molar-refractivity contribution in [2.24, 2.45) is 5.92 Å². The zero-order valence-electron chi connectivity index (χ0n) is 16.9. The molecule has 2 amide bonds. The van der Waals surface area contributed by atoms with Crippen molar-refractivity contribution in [1.29, 1.82) is 0 Å². The molecule has 6 nitrogen and oxygen atoms in total. The number of methoxy groups -OCH3 is 2. The third-order valence-electron chi connectivity index (χ3n) is 5.67. The van der Waals surface area contributed by atoms with Gasteiger partial charge in [-0.1, -0.05) is 0 Å². The first-order valence-electron chi connectivity index (χ1n) is 10.1. The molecule has 0 unspecified atom stereocenters. The van der Waals surface area contributed by atoms with Gasteiger partial charge in [-0.05, 0) is 56.4 Å². The number of ether oxygens (including phenoxy) is 2. The van der Waals surface area contributed by atoms with Gasteiger partial charge in [-0.25, -0.2) is 0 Å². The summed E-state index contributed by atoms with van der Waals surface area (Å²) in [6.45, 7) is 3.04. The molecule has 0 aromatic heterocycles. The second kappa shape index (κ2) is 9.62. The molecule has 0 spiro atoms. The number of benzene rings is 1. The molecule has 2 aliphatic heterocycles. The molecule has 152 valence electrons. The van der Waals surface area contributed by atoms with E-state index in [2.05, 4.69) is 0 Å². The van der Waals surface area contributed by atoms with E-state index in [0.717, 1.165) is 44.3 Å². The van der Waals surface area contributed by atoms with E-state index >= 15 is 0 Å².